The molecule has 34 heavy (non-hydrogen) atoms. The molecule has 1 aromatic carbocycles. The van der Waals surface area contributed by atoms with Crippen molar-refractivity contribution in [2.24, 2.45) is 0 Å². The van der Waals surface area contributed by atoms with Gasteiger partial charge in [-0.25, -0.2) is 13.4 Å². The van der Waals surface area contributed by atoms with Gasteiger partial charge in [-0.2, -0.15) is 0 Å². The van der Waals surface area contributed by atoms with Gasteiger partial charge >= 0.3 is 0 Å². The van der Waals surface area contributed by atoms with Gasteiger partial charge in [-0.3, -0.25) is 9.78 Å². The summed E-state index contributed by atoms with van der Waals surface area (Å²) >= 11 is 0. The summed E-state index contributed by atoms with van der Waals surface area (Å²) in [6.07, 6.45) is 4.20. The van der Waals surface area contributed by atoms with Crippen LogP contribution in [0.15, 0.2) is 30.5 Å². The number of para-hydroxylation sites is 1. The van der Waals surface area contributed by atoms with E-state index in [4.69, 9.17) is 14.5 Å². The maximum Gasteiger partial charge on any atom is 0.219 e. The lowest BCUT2D eigenvalue weighted by Crippen LogP contribution is -2.50. The number of rotatable bonds is 9. The van der Waals surface area contributed by atoms with Gasteiger partial charge in [-0.05, 0) is 25.8 Å². The molecule has 0 spiro atoms. The summed E-state index contributed by atoms with van der Waals surface area (Å²) in [6, 6.07) is 7.93. The van der Waals surface area contributed by atoms with Crippen molar-refractivity contribution in [2.75, 3.05) is 38.3 Å². The summed E-state index contributed by atoms with van der Waals surface area (Å²) in [6.45, 7) is 6.12. The number of carbonyl (C=O) groups is 1. The Hall–Kier alpha value is -2.56. The first-order chi connectivity index (χ1) is 16.2. The van der Waals surface area contributed by atoms with Gasteiger partial charge in [0.15, 0.2) is 0 Å². The van der Waals surface area contributed by atoms with E-state index in [1.807, 2.05) is 36.1 Å². The molecule has 0 unspecified atom stereocenters. The Bertz CT molecular complexity index is 1280. The number of carbonyl (C=O) groups excluding carboxylic acids is 1. The number of amides is 1. The summed E-state index contributed by atoms with van der Waals surface area (Å²) < 4.78 is 37.7. The highest BCUT2D eigenvalue weighted by molar-refractivity contribution is 7.90. The summed E-state index contributed by atoms with van der Waals surface area (Å²) in [5, 5.41) is 0.989. The Labute approximate surface area is 200 Å². The summed E-state index contributed by atoms with van der Waals surface area (Å²) in [5.41, 5.74) is 1.98. The van der Waals surface area contributed by atoms with Crippen molar-refractivity contribution < 1.29 is 22.7 Å². The Kier molecular flexibility index (Phi) is 7.20. The van der Waals surface area contributed by atoms with Crippen LogP contribution in [0.1, 0.15) is 32.5 Å². The van der Waals surface area contributed by atoms with E-state index in [2.05, 4.69) is 9.55 Å². The number of ether oxygens (including phenoxy) is 2. The fourth-order valence-corrected chi connectivity index (χ4v) is 4.95. The topological polar surface area (TPSA) is 104 Å². The molecule has 10 heteroatoms. The summed E-state index contributed by atoms with van der Waals surface area (Å²) in [4.78, 5) is 23.1. The second-order valence-electron chi connectivity index (χ2n) is 8.93. The molecular weight excluding hydrogens is 456 g/mol. The first-order valence-electron chi connectivity index (χ1n) is 11.6. The van der Waals surface area contributed by atoms with Gasteiger partial charge < -0.3 is 18.9 Å². The van der Waals surface area contributed by atoms with E-state index in [9.17, 15) is 13.2 Å². The zero-order chi connectivity index (χ0) is 24.3. The Morgan fingerprint density at radius 3 is 2.59 bits per heavy atom. The van der Waals surface area contributed by atoms with Crippen LogP contribution >= 0.6 is 0 Å². The SMILES string of the molecule is CCOCc1nc2cnc3ccccc3c2n1CC1(OCCS(C)(=O)=O)CCN(C(C)=O)CC1. The Morgan fingerprint density at radius 2 is 1.91 bits per heavy atom. The first kappa shape index (κ1) is 24.6. The number of pyridine rings is 1. The highest BCUT2D eigenvalue weighted by Crippen LogP contribution is 2.33. The molecule has 0 bridgehead atoms. The molecule has 0 saturated carbocycles. The molecule has 0 N–H and O–H groups in total. The second kappa shape index (κ2) is 9.97. The number of hydrogen-bond acceptors (Lipinski definition) is 7. The minimum atomic E-state index is -3.16. The van der Waals surface area contributed by atoms with Crippen LogP contribution in [0.4, 0.5) is 0 Å². The number of nitrogens with zero attached hydrogens (tertiary/aromatic N) is 4. The molecule has 3 aromatic rings. The lowest BCUT2D eigenvalue weighted by Gasteiger charge is -2.42. The van der Waals surface area contributed by atoms with E-state index in [-0.39, 0.29) is 18.3 Å². The zero-order valence-electron chi connectivity index (χ0n) is 20.0. The predicted octanol–water partition coefficient (Wildman–Crippen LogP) is 2.56. The predicted molar refractivity (Wildman–Crippen MR) is 130 cm³/mol. The number of fused-ring (bicyclic) bond motifs is 3. The third kappa shape index (κ3) is 5.39. The third-order valence-corrected chi connectivity index (χ3v) is 7.33. The maximum absolute atomic E-state index is 11.9. The molecule has 4 rings (SSSR count). The van der Waals surface area contributed by atoms with Crippen LogP contribution in [-0.4, -0.2) is 77.7 Å². The monoisotopic (exact) mass is 488 g/mol. The third-order valence-electron chi connectivity index (χ3n) is 6.42. The van der Waals surface area contributed by atoms with Gasteiger partial charge in [0.2, 0.25) is 5.91 Å². The van der Waals surface area contributed by atoms with E-state index < -0.39 is 15.4 Å². The van der Waals surface area contributed by atoms with Crippen molar-refractivity contribution in [3.8, 4) is 0 Å². The van der Waals surface area contributed by atoms with Crippen molar-refractivity contribution in [1.82, 2.24) is 19.4 Å². The molecule has 9 nitrogen and oxygen atoms in total. The molecule has 2 aromatic heterocycles. The number of hydrogen-bond donors (Lipinski definition) is 0. The lowest BCUT2D eigenvalue weighted by atomic mass is 9.90. The smallest absolute Gasteiger partial charge is 0.219 e. The molecular formula is C24H32N4O5S. The van der Waals surface area contributed by atoms with Crippen molar-refractivity contribution in [2.45, 2.75) is 45.4 Å². The fourth-order valence-electron chi connectivity index (χ4n) is 4.56. The number of sulfone groups is 1. The van der Waals surface area contributed by atoms with Crippen LogP contribution in [0.5, 0.6) is 0 Å². The minimum Gasteiger partial charge on any atom is -0.374 e. The molecule has 1 saturated heterocycles. The van der Waals surface area contributed by atoms with Crippen LogP contribution in [-0.2, 0) is 37.3 Å². The van der Waals surface area contributed by atoms with Gasteiger partial charge in [0.05, 0.1) is 41.7 Å². The highest BCUT2D eigenvalue weighted by atomic mass is 32.2. The van der Waals surface area contributed by atoms with Crippen molar-refractivity contribution in [1.29, 1.82) is 0 Å². The van der Waals surface area contributed by atoms with E-state index in [1.165, 1.54) is 6.26 Å². The molecule has 1 fully saturated rings. The van der Waals surface area contributed by atoms with Crippen LogP contribution in [0.3, 0.4) is 0 Å². The van der Waals surface area contributed by atoms with E-state index in [1.54, 1.807) is 13.1 Å². The fraction of sp³-hybridized carbons (Fsp3) is 0.542. The zero-order valence-corrected chi connectivity index (χ0v) is 20.8. The maximum atomic E-state index is 11.9. The number of aromatic nitrogens is 3. The molecule has 0 aliphatic carbocycles. The van der Waals surface area contributed by atoms with Gasteiger partial charge in [-0.15, -0.1) is 0 Å². The number of piperidine rings is 1. The number of imidazole rings is 1. The van der Waals surface area contributed by atoms with Crippen molar-refractivity contribution >= 4 is 37.7 Å². The quantitative estimate of drug-likeness (QED) is 0.456. The van der Waals surface area contributed by atoms with Gasteiger partial charge in [-0.1, -0.05) is 18.2 Å². The average molecular weight is 489 g/mol. The molecule has 0 atom stereocenters. The van der Waals surface area contributed by atoms with Crippen LogP contribution in [0, 0.1) is 0 Å². The van der Waals surface area contributed by atoms with Crippen molar-refractivity contribution in [3.63, 3.8) is 0 Å². The van der Waals surface area contributed by atoms with Gasteiger partial charge in [0.25, 0.3) is 0 Å². The average Bonchev–Trinajstić information content (AvgIpc) is 3.14. The molecule has 1 aliphatic heterocycles. The molecule has 184 valence electrons. The summed E-state index contributed by atoms with van der Waals surface area (Å²) in [7, 11) is -3.16. The normalized spacial score (nSPS) is 16.4. The number of likely N-dealkylation sites (tertiary alicyclic amines) is 1. The van der Waals surface area contributed by atoms with E-state index >= 15 is 0 Å². The van der Waals surface area contributed by atoms with Crippen molar-refractivity contribution in [3.05, 3.63) is 36.3 Å². The lowest BCUT2D eigenvalue weighted by molar-refractivity contribution is -0.137. The van der Waals surface area contributed by atoms with Crippen LogP contribution in [0.25, 0.3) is 21.9 Å². The standard InChI is InChI=1S/C24H32N4O5S/c1-4-32-16-22-26-21-15-25-20-8-6-5-7-19(20)23(21)28(22)17-24(33-13-14-34(3,30)31)9-11-27(12-10-24)18(2)29/h5-8,15H,4,9-14,16-17H2,1-3H3. The van der Waals surface area contributed by atoms with Gasteiger partial charge in [0, 0.05) is 38.3 Å². The molecule has 0 radical (unpaired) electrons. The largest absolute Gasteiger partial charge is 0.374 e. The minimum absolute atomic E-state index is 0.0342. The van der Waals surface area contributed by atoms with Gasteiger partial charge in [0.1, 0.15) is 27.8 Å². The molecule has 1 aliphatic rings. The Morgan fingerprint density at radius 1 is 1.18 bits per heavy atom. The molecule has 1 amide bonds. The van der Waals surface area contributed by atoms with Crippen LogP contribution < -0.4 is 0 Å². The first-order valence-corrected chi connectivity index (χ1v) is 13.7. The molecule has 3 heterocycles. The Balaban J connectivity index is 1.76. The highest BCUT2D eigenvalue weighted by Gasteiger charge is 2.38. The van der Waals surface area contributed by atoms with E-state index in [0.717, 1.165) is 27.8 Å². The van der Waals surface area contributed by atoms with Crippen LogP contribution in [0.2, 0.25) is 0 Å². The summed E-state index contributed by atoms with van der Waals surface area (Å²) in [5.74, 6) is 0.760. The second-order valence-corrected chi connectivity index (χ2v) is 11.2. The number of benzene rings is 1. The van der Waals surface area contributed by atoms with E-state index in [0.29, 0.717) is 45.7 Å².